The van der Waals surface area contributed by atoms with Gasteiger partial charge in [0, 0.05) is 36.1 Å². The van der Waals surface area contributed by atoms with E-state index >= 15 is 0 Å². The van der Waals surface area contributed by atoms with Crippen LogP contribution in [0.4, 0.5) is 18.9 Å². The lowest BCUT2D eigenvalue weighted by atomic mass is 9.73. The van der Waals surface area contributed by atoms with E-state index in [1.165, 1.54) is 6.07 Å². The van der Waals surface area contributed by atoms with E-state index in [0.717, 1.165) is 31.5 Å². The van der Waals surface area contributed by atoms with Crippen LogP contribution >= 0.6 is 11.6 Å². The van der Waals surface area contributed by atoms with Crippen molar-refractivity contribution < 1.29 is 22.7 Å². The minimum Gasteiger partial charge on any atom is -0.490 e. The maximum Gasteiger partial charge on any atom is 0.433 e. The molecule has 9 heteroatoms. The first-order valence-electron chi connectivity index (χ1n) is 10.3. The Kier molecular flexibility index (Phi) is 6.12. The molecule has 0 atom stereocenters. The van der Waals surface area contributed by atoms with E-state index in [9.17, 15) is 18.0 Å². The summed E-state index contributed by atoms with van der Waals surface area (Å²) < 4.78 is 44.4. The molecular weight excluding hydrogens is 431 g/mol. The summed E-state index contributed by atoms with van der Waals surface area (Å²) in [5.41, 5.74) is -0.795. The fourth-order valence-corrected chi connectivity index (χ4v) is 4.34. The van der Waals surface area contributed by atoms with Gasteiger partial charge in [0.05, 0.1) is 0 Å². The zero-order valence-electron chi connectivity index (χ0n) is 16.8. The number of anilines is 1. The maximum atomic E-state index is 13.1. The smallest absolute Gasteiger partial charge is 0.433 e. The zero-order chi connectivity index (χ0) is 22.1. The van der Waals surface area contributed by atoms with E-state index in [1.807, 2.05) is 0 Å². The normalized spacial score (nSPS) is 19.5. The molecular formula is C22H23ClF3N3O2. The Morgan fingerprint density at radius 2 is 1.84 bits per heavy atom. The van der Waals surface area contributed by atoms with Crippen molar-refractivity contribution in [2.24, 2.45) is 0 Å². The van der Waals surface area contributed by atoms with Crippen LogP contribution < -0.4 is 10.1 Å². The molecule has 1 aliphatic heterocycles. The molecule has 0 spiro atoms. The summed E-state index contributed by atoms with van der Waals surface area (Å²) in [7, 11) is 0. The summed E-state index contributed by atoms with van der Waals surface area (Å²) in [6.45, 7) is 1.30. The molecule has 0 bridgehead atoms. The number of nitrogens with one attached hydrogen (secondary N) is 1. The van der Waals surface area contributed by atoms with Crippen molar-refractivity contribution in [3.8, 4) is 5.75 Å². The molecule has 0 unspecified atom stereocenters. The van der Waals surface area contributed by atoms with E-state index in [2.05, 4.69) is 15.2 Å². The number of hydrogen-bond donors (Lipinski definition) is 1. The van der Waals surface area contributed by atoms with Gasteiger partial charge in [0.15, 0.2) is 0 Å². The van der Waals surface area contributed by atoms with Crippen molar-refractivity contribution >= 4 is 23.2 Å². The fraction of sp³-hybridized carbons (Fsp3) is 0.455. The Morgan fingerprint density at radius 3 is 2.42 bits per heavy atom. The number of amides is 1. The second-order valence-corrected chi connectivity index (χ2v) is 8.46. The Balaban J connectivity index is 1.36. The van der Waals surface area contributed by atoms with E-state index in [4.69, 9.17) is 16.3 Å². The highest BCUT2D eigenvalue weighted by molar-refractivity contribution is 6.30. The van der Waals surface area contributed by atoms with Crippen LogP contribution in [0.2, 0.25) is 5.02 Å². The van der Waals surface area contributed by atoms with Gasteiger partial charge < -0.3 is 10.1 Å². The number of nitrogens with zero attached hydrogens (tertiary/aromatic N) is 2. The van der Waals surface area contributed by atoms with Gasteiger partial charge in [0.1, 0.15) is 23.1 Å². The van der Waals surface area contributed by atoms with Crippen LogP contribution in [0.15, 0.2) is 42.6 Å². The molecule has 1 amide bonds. The molecule has 1 saturated heterocycles. The van der Waals surface area contributed by atoms with Crippen molar-refractivity contribution in [2.45, 2.75) is 49.9 Å². The highest BCUT2D eigenvalue weighted by atomic mass is 35.5. The van der Waals surface area contributed by atoms with E-state index < -0.39 is 17.4 Å². The number of ether oxygens (including phenoxy) is 1. The number of halogens is 4. The van der Waals surface area contributed by atoms with Gasteiger partial charge in [-0.05, 0) is 62.4 Å². The van der Waals surface area contributed by atoms with Crippen molar-refractivity contribution in [3.05, 3.63) is 53.3 Å². The molecule has 4 rings (SSSR count). The highest BCUT2D eigenvalue weighted by Crippen LogP contribution is 2.40. The first-order valence-corrected chi connectivity index (χ1v) is 10.7. The van der Waals surface area contributed by atoms with Crippen molar-refractivity contribution in [1.29, 1.82) is 0 Å². The monoisotopic (exact) mass is 453 g/mol. The van der Waals surface area contributed by atoms with Crippen LogP contribution in [-0.2, 0) is 11.0 Å². The molecule has 1 N–H and O–H groups in total. The molecule has 1 aliphatic carbocycles. The number of benzene rings is 1. The Morgan fingerprint density at radius 1 is 1.16 bits per heavy atom. The summed E-state index contributed by atoms with van der Waals surface area (Å²) in [5.74, 6) is 0.143. The number of likely N-dealkylation sites (tertiary alicyclic amines) is 1. The first kappa shape index (κ1) is 21.9. The number of piperidine rings is 1. The molecule has 166 valence electrons. The van der Waals surface area contributed by atoms with Gasteiger partial charge in [0.2, 0.25) is 5.91 Å². The quantitative estimate of drug-likeness (QED) is 0.679. The van der Waals surface area contributed by atoms with E-state index in [0.29, 0.717) is 36.6 Å². The molecule has 5 nitrogen and oxygen atoms in total. The lowest BCUT2D eigenvalue weighted by Gasteiger charge is -2.51. The van der Waals surface area contributed by atoms with Crippen LogP contribution in [0.25, 0.3) is 0 Å². The van der Waals surface area contributed by atoms with Gasteiger partial charge >= 0.3 is 6.18 Å². The van der Waals surface area contributed by atoms with Crippen molar-refractivity contribution in [2.75, 3.05) is 18.4 Å². The number of alkyl halides is 3. The topological polar surface area (TPSA) is 54.5 Å². The molecule has 1 aromatic heterocycles. The second-order valence-electron chi connectivity index (χ2n) is 8.02. The largest absolute Gasteiger partial charge is 0.490 e. The predicted molar refractivity (Wildman–Crippen MR) is 111 cm³/mol. The molecule has 31 heavy (non-hydrogen) atoms. The zero-order valence-corrected chi connectivity index (χ0v) is 17.5. The average molecular weight is 454 g/mol. The summed E-state index contributed by atoms with van der Waals surface area (Å²) in [5, 5.41) is 3.60. The second kappa shape index (κ2) is 8.67. The number of aromatic nitrogens is 1. The van der Waals surface area contributed by atoms with Gasteiger partial charge in [-0.1, -0.05) is 11.6 Å². The highest BCUT2D eigenvalue weighted by Gasteiger charge is 2.49. The molecule has 1 saturated carbocycles. The van der Waals surface area contributed by atoms with Gasteiger partial charge in [0.25, 0.3) is 0 Å². The number of carbonyl (C=O) groups excluding carboxylic acids is 1. The SMILES string of the molecule is O=C(Nc1ccc(Cl)cc1)C1(N2CCC(Oc3ccnc(C(F)(F)F)c3)CC2)CCC1. The third-order valence-corrected chi connectivity index (χ3v) is 6.33. The summed E-state index contributed by atoms with van der Waals surface area (Å²) in [6.07, 6.45) is 0.250. The minimum absolute atomic E-state index is 0.0237. The number of carbonyl (C=O) groups is 1. The lowest BCUT2D eigenvalue weighted by molar-refractivity contribution is -0.141. The van der Waals surface area contributed by atoms with Crippen molar-refractivity contribution in [3.63, 3.8) is 0 Å². The first-order chi connectivity index (χ1) is 14.8. The van der Waals surface area contributed by atoms with E-state index in [1.54, 1.807) is 24.3 Å². The molecule has 1 aromatic carbocycles. The van der Waals surface area contributed by atoms with Crippen LogP contribution in [0.3, 0.4) is 0 Å². The van der Waals surface area contributed by atoms with Gasteiger partial charge in [-0.3, -0.25) is 14.7 Å². The van der Waals surface area contributed by atoms with Gasteiger partial charge in [-0.2, -0.15) is 13.2 Å². The lowest BCUT2D eigenvalue weighted by Crippen LogP contribution is -2.63. The Hall–Kier alpha value is -2.32. The van der Waals surface area contributed by atoms with Crippen LogP contribution in [0.1, 0.15) is 37.8 Å². The number of rotatable bonds is 5. The van der Waals surface area contributed by atoms with Crippen LogP contribution in [0, 0.1) is 0 Å². The Labute approximate surface area is 183 Å². The molecule has 0 radical (unpaired) electrons. The number of pyridine rings is 1. The summed E-state index contributed by atoms with van der Waals surface area (Å²) >= 11 is 5.91. The summed E-state index contributed by atoms with van der Waals surface area (Å²) in [4.78, 5) is 18.6. The van der Waals surface area contributed by atoms with Gasteiger partial charge in [-0.25, -0.2) is 0 Å². The van der Waals surface area contributed by atoms with Crippen LogP contribution in [0.5, 0.6) is 5.75 Å². The van der Waals surface area contributed by atoms with E-state index in [-0.39, 0.29) is 17.8 Å². The molecule has 2 aliphatic rings. The third-order valence-electron chi connectivity index (χ3n) is 6.08. The molecule has 2 heterocycles. The van der Waals surface area contributed by atoms with Crippen LogP contribution in [-0.4, -0.2) is 40.5 Å². The maximum absolute atomic E-state index is 13.1. The molecule has 2 fully saturated rings. The van der Waals surface area contributed by atoms with Crippen molar-refractivity contribution in [1.82, 2.24) is 9.88 Å². The standard InChI is InChI=1S/C22H23ClF3N3O2/c23-15-2-4-16(5-3-15)28-20(30)21(9-1-10-21)29-12-7-17(8-13-29)31-18-6-11-27-19(14-18)22(24,25)26/h2-6,11,14,17H,1,7-10,12-13H2,(H,28,30). The predicted octanol–water partition coefficient (Wildman–Crippen LogP) is 5.16. The minimum atomic E-state index is -4.50. The molecule has 2 aromatic rings. The third kappa shape index (κ3) is 4.80. The number of hydrogen-bond acceptors (Lipinski definition) is 4. The average Bonchev–Trinajstić information content (AvgIpc) is 2.70. The summed E-state index contributed by atoms with van der Waals surface area (Å²) in [6, 6.07) is 9.38. The van der Waals surface area contributed by atoms with Gasteiger partial charge in [-0.15, -0.1) is 0 Å². The Bertz CT molecular complexity index is 924. The fourth-order valence-electron chi connectivity index (χ4n) is 4.21.